The zero-order valence-electron chi connectivity index (χ0n) is 9.37. The van der Waals surface area contributed by atoms with E-state index < -0.39 is 5.60 Å². The Kier molecular flexibility index (Phi) is 3.37. The van der Waals surface area contributed by atoms with Crippen LogP contribution in [-0.2, 0) is 9.47 Å². The second-order valence-electron chi connectivity index (χ2n) is 4.51. The molecule has 0 aromatic carbocycles. The Bertz CT molecular complexity index is 210. The molecule has 1 aliphatic heterocycles. The molecule has 82 valence electrons. The predicted octanol–water partition coefficient (Wildman–Crippen LogP) is 1.99. The highest BCUT2D eigenvalue weighted by molar-refractivity contribution is 5.68. The second-order valence-corrected chi connectivity index (χ2v) is 4.51. The number of carbonyl (C=O) groups excluding carboxylic acids is 1. The Balaban J connectivity index is 2.52. The molecule has 1 saturated heterocycles. The Morgan fingerprint density at radius 3 is 2.57 bits per heavy atom. The normalized spacial score (nSPS) is 22.6. The summed E-state index contributed by atoms with van der Waals surface area (Å²) in [4.78, 5) is 13.3. The molecule has 0 spiro atoms. The first-order valence-corrected chi connectivity index (χ1v) is 4.96. The van der Waals surface area contributed by atoms with E-state index in [-0.39, 0.29) is 12.3 Å². The van der Waals surface area contributed by atoms with Gasteiger partial charge in [-0.05, 0) is 33.6 Å². The van der Waals surface area contributed by atoms with E-state index in [9.17, 15) is 4.79 Å². The minimum absolute atomic E-state index is 0.107. The molecule has 0 saturated carbocycles. The number of rotatable bonds is 1. The molecular weight excluding hydrogens is 182 g/mol. The summed E-state index contributed by atoms with van der Waals surface area (Å²) in [6.45, 7) is 6.32. The molecule has 1 rings (SSSR count). The van der Waals surface area contributed by atoms with Gasteiger partial charge in [-0.25, -0.2) is 4.79 Å². The summed E-state index contributed by atoms with van der Waals surface area (Å²) in [5.74, 6) is 0. The van der Waals surface area contributed by atoms with Crippen molar-refractivity contribution in [1.82, 2.24) is 4.90 Å². The fourth-order valence-corrected chi connectivity index (χ4v) is 1.51. The van der Waals surface area contributed by atoms with Crippen molar-refractivity contribution in [1.29, 1.82) is 0 Å². The van der Waals surface area contributed by atoms with Gasteiger partial charge >= 0.3 is 6.09 Å². The standard InChI is InChI=1S/C10H19NO3/c1-10(2,3)14-9(12)11-7-5-6-8(11)13-4/h8H,5-7H2,1-4H3/t8-/m1/s1. The zero-order valence-corrected chi connectivity index (χ0v) is 9.37. The Morgan fingerprint density at radius 1 is 1.43 bits per heavy atom. The third-order valence-electron chi connectivity index (χ3n) is 2.10. The van der Waals surface area contributed by atoms with Gasteiger partial charge in [0, 0.05) is 13.7 Å². The third-order valence-corrected chi connectivity index (χ3v) is 2.10. The van der Waals surface area contributed by atoms with E-state index in [1.165, 1.54) is 0 Å². The highest BCUT2D eigenvalue weighted by Crippen LogP contribution is 2.20. The van der Waals surface area contributed by atoms with Crippen LogP contribution in [0.25, 0.3) is 0 Å². The minimum Gasteiger partial charge on any atom is -0.444 e. The highest BCUT2D eigenvalue weighted by atomic mass is 16.6. The lowest BCUT2D eigenvalue weighted by Crippen LogP contribution is -2.40. The first-order chi connectivity index (χ1) is 6.44. The summed E-state index contributed by atoms with van der Waals surface area (Å²) in [7, 11) is 1.62. The zero-order chi connectivity index (χ0) is 10.8. The molecule has 1 atom stereocenters. The van der Waals surface area contributed by atoms with Crippen molar-refractivity contribution >= 4 is 6.09 Å². The van der Waals surface area contributed by atoms with E-state index in [0.717, 1.165) is 19.4 Å². The van der Waals surface area contributed by atoms with Crippen LogP contribution in [0.15, 0.2) is 0 Å². The molecular formula is C10H19NO3. The summed E-state index contributed by atoms with van der Waals surface area (Å²) >= 11 is 0. The molecule has 0 N–H and O–H groups in total. The Morgan fingerprint density at radius 2 is 2.07 bits per heavy atom. The minimum atomic E-state index is -0.433. The smallest absolute Gasteiger partial charge is 0.412 e. The lowest BCUT2D eigenvalue weighted by molar-refractivity contribution is -0.0305. The van der Waals surface area contributed by atoms with Crippen molar-refractivity contribution in [3.63, 3.8) is 0 Å². The predicted molar refractivity (Wildman–Crippen MR) is 53.0 cm³/mol. The number of likely N-dealkylation sites (tertiary alicyclic amines) is 1. The number of hydrogen-bond donors (Lipinski definition) is 0. The van der Waals surface area contributed by atoms with Gasteiger partial charge in [0.2, 0.25) is 0 Å². The summed E-state index contributed by atoms with van der Waals surface area (Å²) in [5, 5.41) is 0. The molecule has 1 fully saturated rings. The van der Waals surface area contributed by atoms with Crippen molar-refractivity contribution < 1.29 is 14.3 Å². The van der Waals surface area contributed by atoms with Gasteiger partial charge in [0.15, 0.2) is 0 Å². The lowest BCUT2D eigenvalue weighted by Gasteiger charge is -2.27. The molecule has 0 unspecified atom stereocenters. The molecule has 1 heterocycles. The molecule has 4 heteroatoms. The first-order valence-electron chi connectivity index (χ1n) is 4.96. The fourth-order valence-electron chi connectivity index (χ4n) is 1.51. The van der Waals surface area contributed by atoms with Gasteiger partial charge in [0.25, 0.3) is 0 Å². The van der Waals surface area contributed by atoms with E-state index >= 15 is 0 Å². The van der Waals surface area contributed by atoms with Crippen molar-refractivity contribution in [3.05, 3.63) is 0 Å². The maximum absolute atomic E-state index is 11.7. The average Bonchev–Trinajstić information content (AvgIpc) is 2.47. The molecule has 0 radical (unpaired) electrons. The average molecular weight is 201 g/mol. The number of methoxy groups -OCH3 is 1. The van der Waals surface area contributed by atoms with Crippen LogP contribution in [0.2, 0.25) is 0 Å². The second kappa shape index (κ2) is 4.17. The topological polar surface area (TPSA) is 38.8 Å². The van der Waals surface area contributed by atoms with Crippen molar-refractivity contribution in [2.45, 2.75) is 45.4 Å². The van der Waals surface area contributed by atoms with Crippen LogP contribution in [0.4, 0.5) is 4.79 Å². The summed E-state index contributed by atoms with van der Waals surface area (Å²) in [6, 6.07) is 0. The molecule has 14 heavy (non-hydrogen) atoms. The van der Waals surface area contributed by atoms with Gasteiger partial charge in [0.05, 0.1) is 0 Å². The molecule has 1 amide bonds. The van der Waals surface area contributed by atoms with E-state index in [2.05, 4.69) is 0 Å². The van der Waals surface area contributed by atoms with Crippen LogP contribution in [-0.4, -0.2) is 36.5 Å². The Hall–Kier alpha value is -0.770. The van der Waals surface area contributed by atoms with E-state index in [1.807, 2.05) is 20.8 Å². The van der Waals surface area contributed by atoms with Gasteiger partial charge in [-0.3, -0.25) is 4.90 Å². The lowest BCUT2D eigenvalue weighted by atomic mass is 10.2. The van der Waals surface area contributed by atoms with Crippen LogP contribution in [0.1, 0.15) is 33.6 Å². The summed E-state index contributed by atoms with van der Waals surface area (Å²) < 4.78 is 10.4. The number of hydrogen-bond acceptors (Lipinski definition) is 3. The monoisotopic (exact) mass is 201 g/mol. The summed E-state index contributed by atoms with van der Waals surface area (Å²) in [5.41, 5.74) is -0.433. The van der Waals surface area contributed by atoms with Crippen molar-refractivity contribution in [2.75, 3.05) is 13.7 Å². The Labute approximate surface area is 85.2 Å². The first kappa shape index (κ1) is 11.3. The van der Waals surface area contributed by atoms with Crippen molar-refractivity contribution in [3.8, 4) is 0 Å². The number of ether oxygens (including phenoxy) is 2. The van der Waals surface area contributed by atoms with Gasteiger partial charge in [0.1, 0.15) is 11.8 Å². The van der Waals surface area contributed by atoms with Crippen LogP contribution >= 0.6 is 0 Å². The van der Waals surface area contributed by atoms with Gasteiger partial charge in [-0.15, -0.1) is 0 Å². The van der Waals surface area contributed by atoms with Crippen molar-refractivity contribution in [2.24, 2.45) is 0 Å². The fraction of sp³-hybridized carbons (Fsp3) is 0.900. The molecule has 0 bridgehead atoms. The van der Waals surface area contributed by atoms with Crippen LogP contribution in [0.3, 0.4) is 0 Å². The third kappa shape index (κ3) is 2.87. The molecule has 1 aliphatic rings. The molecule has 0 aromatic rings. The van der Waals surface area contributed by atoms with E-state index in [1.54, 1.807) is 12.0 Å². The van der Waals surface area contributed by atoms with E-state index in [4.69, 9.17) is 9.47 Å². The molecule has 4 nitrogen and oxygen atoms in total. The molecule has 0 aromatic heterocycles. The number of amides is 1. The van der Waals surface area contributed by atoms with Gasteiger partial charge in [-0.1, -0.05) is 0 Å². The highest BCUT2D eigenvalue weighted by Gasteiger charge is 2.31. The largest absolute Gasteiger partial charge is 0.444 e. The maximum atomic E-state index is 11.7. The van der Waals surface area contributed by atoms with Crippen LogP contribution < -0.4 is 0 Å². The SMILES string of the molecule is CO[C@@H]1CCCN1C(=O)OC(C)(C)C. The molecule has 0 aliphatic carbocycles. The van der Waals surface area contributed by atoms with Crippen LogP contribution in [0, 0.1) is 0 Å². The number of nitrogens with zero attached hydrogens (tertiary/aromatic N) is 1. The summed E-state index contributed by atoms with van der Waals surface area (Å²) in [6.07, 6.45) is 1.50. The quantitative estimate of drug-likeness (QED) is 0.651. The van der Waals surface area contributed by atoms with Crippen LogP contribution in [0.5, 0.6) is 0 Å². The maximum Gasteiger partial charge on any atom is 0.412 e. The number of carbonyl (C=O) groups is 1. The van der Waals surface area contributed by atoms with Gasteiger partial charge < -0.3 is 9.47 Å². The van der Waals surface area contributed by atoms with Gasteiger partial charge in [-0.2, -0.15) is 0 Å². The van der Waals surface area contributed by atoms with E-state index in [0.29, 0.717) is 0 Å².